The molecule has 0 unspecified atom stereocenters. The molecule has 0 radical (unpaired) electrons. The van der Waals surface area contributed by atoms with E-state index in [0.29, 0.717) is 13.2 Å². The summed E-state index contributed by atoms with van der Waals surface area (Å²) in [7, 11) is 1.64. The number of nitrogens with zero attached hydrogens (tertiary/aromatic N) is 2. The molecule has 0 fully saturated rings. The molecule has 0 spiro atoms. The summed E-state index contributed by atoms with van der Waals surface area (Å²) in [6.07, 6.45) is -0.510. The number of hydrogen-bond donors (Lipinski definition) is 0. The van der Waals surface area contributed by atoms with Crippen LogP contribution < -0.4 is 0 Å². The predicted molar refractivity (Wildman–Crippen MR) is 69.2 cm³/mol. The SMILES string of the molecule is COCCn1cc(C)c(-c2ccc(C(F)F)cc2)n1. The van der Waals surface area contributed by atoms with E-state index in [-0.39, 0.29) is 5.56 Å². The summed E-state index contributed by atoms with van der Waals surface area (Å²) < 4.78 is 31.8. The van der Waals surface area contributed by atoms with Gasteiger partial charge < -0.3 is 4.74 Å². The molecule has 0 aliphatic carbocycles. The van der Waals surface area contributed by atoms with Crippen LogP contribution in [0.3, 0.4) is 0 Å². The molecule has 0 N–H and O–H groups in total. The zero-order chi connectivity index (χ0) is 13.8. The van der Waals surface area contributed by atoms with E-state index < -0.39 is 6.43 Å². The second-order valence-electron chi connectivity index (χ2n) is 4.34. The molecular weight excluding hydrogens is 250 g/mol. The Kier molecular flexibility index (Phi) is 4.27. The lowest BCUT2D eigenvalue weighted by molar-refractivity contribution is 0.151. The van der Waals surface area contributed by atoms with Crippen molar-refractivity contribution in [2.24, 2.45) is 0 Å². The largest absolute Gasteiger partial charge is 0.383 e. The van der Waals surface area contributed by atoms with Gasteiger partial charge in [-0.05, 0) is 12.5 Å². The van der Waals surface area contributed by atoms with Crippen LogP contribution in [0.5, 0.6) is 0 Å². The number of ether oxygens (including phenoxy) is 1. The van der Waals surface area contributed by atoms with E-state index in [1.165, 1.54) is 12.1 Å². The van der Waals surface area contributed by atoms with Crippen LogP contribution in [0.2, 0.25) is 0 Å². The van der Waals surface area contributed by atoms with Crippen LogP contribution in [0.15, 0.2) is 30.5 Å². The van der Waals surface area contributed by atoms with Crippen molar-refractivity contribution in [2.45, 2.75) is 19.9 Å². The maximum atomic E-state index is 12.5. The van der Waals surface area contributed by atoms with Gasteiger partial charge in [0.2, 0.25) is 0 Å². The summed E-state index contributed by atoms with van der Waals surface area (Å²) in [5, 5.41) is 4.44. The van der Waals surface area contributed by atoms with Gasteiger partial charge in [0.1, 0.15) is 0 Å². The first kappa shape index (κ1) is 13.7. The zero-order valence-electron chi connectivity index (χ0n) is 10.9. The van der Waals surface area contributed by atoms with E-state index in [0.717, 1.165) is 16.8 Å². The first-order valence-electron chi connectivity index (χ1n) is 6.03. The Labute approximate surface area is 110 Å². The number of alkyl halides is 2. The van der Waals surface area contributed by atoms with Gasteiger partial charge in [-0.2, -0.15) is 5.10 Å². The van der Waals surface area contributed by atoms with Crippen LogP contribution in [0.25, 0.3) is 11.3 Å². The van der Waals surface area contributed by atoms with E-state index in [2.05, 4.69) is 5.10 Å². The van der Waals surface area contributed by atoms with Crippen molar-refractivity contribution in [1.29, 1.82) is 0 Å². The van der Waals surface area contributed by atoms with Gasteiger partial charge in [-0.3, -0.25) is 4.68 Å². The predicted octanol–water partition coefficient (Wildman–Crippen LogP) is 3.44. The molecule has 0 amide bonds. The lowest BCUT2D eigenvalue weighted by atomic mass is 10.1. The number of aryl methyl sites for hydroxylation is 1. The van der Waals surface area contributed by atoms with Crippen LogP contribution >= 0.6 is 0 Å². The smallest absolute Gasteiger partial charge is 0.263 e. The molecule has 5 heteroatoms. The molecule has 2 rings (SSSR count). The van der Waals surface area contributed by atoms with Gasteiger partial charge in [0, 0.05) is 24.4 Å². The molecule has 3 nitrogen and oxygen atoms in total. The van der Waals surface area contributed by atoms with Crippen LogP contribution in [-0.4, -0.2) is 23.5 Å². The summed E-state index contributed by atoms with van der Waals surface area (Å²) in [4.78, 5) is 0. The molecular formula is C14H16F2N2O. The maximum Gasteiger partial charge on any atom is 0.263 e. The Bertz CT molecular complexity index is 535. The molecule has 0 bridgehead atoms. The van der Waals surface area contributed by atoms with Crippen LogP contribution in [-0.2, 0) is 11.3 Å². The van der Waals surface area contributed by atoms with Gasteiger partial charge >= 0.3 is 0 Å². The average Bonchev–Trinajstić information content (AvgIpc) is 2.77. The normalized spacial score (nSPS) is 11.2. The fraction of sp³-hybridized carbons (Fsp3) is 0.357. The standard InChI is InChI=1S/C14H16F2N2O/c1-10-9-18(7-8-19-2)17-13(10)11-3-5-12(6-4-11)14(15)16/h3-6,9,14H,7-8H2,1-2H3. The summed E-state index contributed by atoms with van der Waals surface area (Å²) in [6, 6.07) is 6.23. The van der Waals surface area contributed by atoms with Crippen molar-refractivity contribution in [3.8, 4) is 11.3 Å². The molecule has 102 valence electrons. The number of halogens is 2. The fourth-order valence-electron chi connectivity index (χ4n) is 1.89. The number of methoxy groups -OCH3 is 1. The molecule has 2 aromatic rings. The highest BCUT2D eigenvalue weighted by Gasteiger charge is 2.10. The molecule has 1 heterocycles. The highest BCUT2D eigenvalue weighted by Crippen LogP contribution is 2.25. The van der Waals surface area contributed by atoms with Crippen molar-refractivity contribution in [3.05, 3.63) is 41.6 Å². The lowest BCUT2D eigenvalue weighted by Crippen LogP contribution is -2.04. The highest BCUT2D eigenvalue weighted by molar-refractivity contribution is 5.62. The number of hydrogen-bond acceptors (Lipinski definition) is 2. The topological polar surface area (TPSA) is 27.1 Å². The quantitative estimate of drug-likeness (QED) is 0.829. The van der Waals surface area contributed by atoms with Gasteiger partial charge in [0.05, 0.1) is 18.8 Å². The Balaban J connectivity index is 2.23. The molecule has 0 aliphatic rings. The monoisotopic (exact) mass is 266 g/mol. The molecule has 0 aliphatic heterocycles. The Hall–Kier alpha value is -1.75. The summed E-state index contributed by atoms with van der Waals surface area (Å²) in [5.41, 5.74) is 2.70. The first-order valence-corrected chi connectivity index (χ1v) is 6.03. The Morgan fingerprint density at radius 3 is 2.53 bits per heavy atom. The molecule has 0 atom stereocenters. The Morgan fingerprint density at radius 2 is 1.95 bits per heavy atom. The van der Waals surface area contributed by atoms with E-state index in [1.807, 2.05) is 13.1 Å². The minimum absolute atomic E-state index is 0.0280. The summed E-state index contributed by atoms with van der Waals surface area (Å²) in [5.74, 6) is 0. The van der Waals surface area contributed by atoms with Crippen LogP contribution in [0.4, 0.5) is 8.78 Å². The molecule has 1 aromatic carbocycles. The van der Waals surface area contributed by atoms with Gasteiger partial charge in [0.15, 0.2) is 0 Å². The average molecular weight is 266 g/mol. The van der Waals surface area contributed by atoms with Crippen molar-refractivity contribution in [2.75, 3.05) is 13.7 Å². The van der Waals surface area contributed by atoms with E-state index in [9.17, 15) is 8.78 Å². The van der Waals surface area contributed by atoms with Gasteiger partial charge in [0.25, 0.3) is 6.43 Å². The molecule has 0 saturated carbocycles. The summed E-state index contributed by atoms with van der Waals surface area (Å²) in [6.45, 7) is 3.21. The fourth-order valence-corrected chi connectivity index (χ4v) is 1.89. The molecule has 1 aromatic heterocycles. The van der Waals surface area contributed by atoms with Gasteiger partial charge in [-0.15, -0.1) is 0 Å². The van der Waals surface area contributed by atoms with Crippen molar-refractivity contribution >= 4 is 0 Å². The Morgan fingerprint density at radius 1 is 1.26 bits per heavy atom. The van der Waals surface area contributed by atoms with Crippen molar-refractivity contribution in [1.82, 2.24) is 9.78 Å². The highest BCUT2D eigenvalue weighted by atomic mass is 19.3. The number of benzene rings is 1. The zero-order valence-corrected chi connectivity index (χ0v) is 10.9. The second kappa shape index (κ2) is 5.93. The van der Waals surface area contributed by atoms with Crippen molar-refractivity contribution < 1.29 is 13.5 Å². The van der Waals surface area contributed by atoms with E-state index in [4.69, 9.17) is 4.74 Å². The maximum absolute atomic E-state index is 12.5. The van der Waals surface area contributed by atoms with Gasteiger partial charge in [-0.25, -0.2) is 8.78 Å². The first-order chi connectivity index (χ1) is 9.11. The van der Waals surface area contributed by atoms with E-state index >= 15 is 0 Å². The second-order valence-corrected chi connectivity index (χ2v) is 4.34. The van der Waals surface area contributed by atoms with Crippen LogP contribution in [0, 0.1) is 6.92 Å². The minimum Gasteiger partial charge on any atom is -0.383 e. The third-order valence-electron chi connectivity index (χ3n) is 2.91. The van der Waals surface area contributed by atoms with Crippen LogP contribution in [0.1, 0.15) is 17.6 Å². The molecule has 0 saturated heterocycles. The molecule has 19 heavy (non-hydrogen) atoms. The number of aromatic nitrogens is 2. The van der Waals surface area contributed by atoms with Crippen molar-refractivity contribution in [3.63, 3.8) is 0 Å². The minimum atomic E-state index is -2.44. The third kappa shape index (κ3) is 3.17. The third-order valence-corrected chi connectivity index (χ3v) is 2.91. The number of rotatable bonds is 5. The summed E-state index contributed by atoms with van der Waals surface area (Å²) >= 11 is 0. The van der Waals surface area contributed by atoms with Gasteiger partial charge in [-0.1, -0.05) is 24.3 Å². The van der Waals surface area contributed by atoms with E-state index in [1.54, 1.807) is 23.9 Å². The lowest BCUT2D eigenvalue weighted by Gasteiger charge is -2.02.